The molecule has 3 heteroatoms. The van der Waals surface area contributed by atoms with Crippen molar-refractivity contribution in [3.63, 3.8) is 0 Å². The van der Waals surface area contributed by atoms with E-state index in [4.69, 9.17) is 11.6 Å². The van der Waals surface area contributed by atoms with Crippen LogP contribution in [-0.2, 0) is 0 Å². The van der Waals surface area contributed by atoms with Crippen molar-refractivity contribution in [1.82, 2.24) is 0 Å². The Labute approximate surface area is 205 Å². The highest BCUT2D eigenvalue weighted by Crippen LogP contribution is 2.41. The number of allylic oxidation sites excluding steroid dienone is 3. The van der Waals surface area contributed by atoms with E-state index in [1.807, 2.05) is 36.4 Å². The molecule has 0 saturated heterocycles. The van der Waals surface area contributed by atoms with Crippen LogP contribution in [0.4, 0.5) is 11.4 Å². The van der Waals surface area contributed by atoms with E-state index < -0.39 is 0 Å². The molecule has 0 bridgehead atoms. The summed E-state index contributed by atoms with van der Waals surface area (Å²) in [6.07, 6.45) is 2.14. The maximum absolute atomic E-state index is 6.02. The van der Waals surface area contributed by atoms with Gasteiger partial charge in [0.25, 0.3) is 0 Å². The molecule has 1 heterocycles. The van der Waals surface area contributed by atoms with Crippen LogP contribution in [0.5, 0.6) is 0 Å². The van der Waals surface area contributed by atoms with Crippen LogP contribution in [0.15, 0.2) is 128 Å². The van der Waals surface area contributed by atoms with E-state index in [0.29, 0.717) is 11.6 Å². The van der Waals surface area contributed by atoms with Gasteiger partial charge in [0, 0.05) is 39.4 Å². The Morgan fingerprint density at radius 3 is 2.32 bits per heavy atom. The maximum atomic E-state index is 6.02. The molecular formula is C31H25ClN2. The van der Waals surface area contributed by atoms with Gasteiger partial charge in [-0.1, -0.05) is 85.9 Å². The number of para-hydroxylation sites is 1. The number of benzene rings is 4. The normalized spacial score (nSPS) is 12.8. The number of nitrogens with one attached hydrogen (secondary N) is 1. The molecule has 5 rings (SSSR count). The van der Waals surface area contributed by atoms with Gasteiger partial charge >= 0.3 is 0 Å². The third kappa shape index (κ3) is 4.28. The molecule has 0 fully saturated rings. The lowest BCUT2D eigenvalue weighted by molar-refractivity contribution is 1.02. The van der Waals surface area contributed by atoms with Crippen molar-refractivity contribution in [3.8, 4) is 0 Å². The van der Waals surface area contributed by atoms with Gasteiger partial charge in [0.2, 0.25) is 0 Å². The first-order valence-electron chi connectivity index (χ1n) is 11.2. The molecule has 1 aliphatic heterocycles. The number of anilines is 2. The van der Waals surface area contributed by atoms with Gasteiger partial charge < -0.3 is 10.2 Å². The van der Waals surface area contributed by atoms with E-state index in [2.05, 4.69) is 90.8 Å². The molecule has 2 nitrogen and oxygen atoms in total. The number of hydrogen-bond donors (Lipinski definition) is 1. The summed E-state index contributed by atoms with van der Waals surface area (Å²) in [5.41, 5.74) is 8.05. The zero-order valence-electron chi connectivity index (χ0n) is 18.9. The van der Waals surface area contributed by atoms with Crippen LogP contribution in [0, 0.1) is 0 Å². The summed E-state index contributed by atoms with van der Waals surface area (Å²) < 4.78 is 0. The third-order valence-corrected chi connectivity index (χ3v) is 6.35. The van der Waals surface area contributed by atoms with Gasteiger partial charge in [-0.3, -0.25) is 0 Å². The monoisotopic (exact) mass is 460 g/mol. The van der Waals surface area contributed by atoms with Crippen molar-refractivity contribution in [2.24, 2.45) is 0 Å². The molecule has 4 aromatic carbocycles. The molecule has 0 radical (unpaired) electrons. The molecule has 0 amide bonds. The van der Waals surface area contributed by atoms with E-state index in [-0.39, 0.29) is 0 Å². The van der Waals surface area contributed by atoms with Crippen molar-refractivity contribution in [1.29, 1.82) is 0 Å². The summed E-state index contributed by atoms with van der Waals surface area (Å²) in [4.78, 5) is 2.21. The molecule has 4 aromatic rings. The van der Waals surface area contributed by atoms with E-state index in [1.54, 1.807) is 0 Å². The lowest BCUT2D eigenvalue weighted by atomic mass is 9.87. The average molecular weight is 461 g/mol. The van der Waals surface area contributed by atoms with Gasteiger partial charge in [-0.2, -0.15) is 0 Å². The van der Waals surface area contributed by atoms with Gasteiger partial charge in [-0.05, 0) is 63.9 Å². The summed E-state index contributed by atoms with van der Waals surface area (Å²) in [5.74, 6) is 0. The molecule has 0 aromatic heterocycles. The lowest BCUT2D eigenvalue weighted by Gasteiger charge is -2.32. The molecular weight excluding hydrogens is 436 g/mol. The number of halogens is 1. The van der Waals surface area contributed by atoms with Gasteiger partial charge in [-0.25, -0.2) is 0 Å². The second-order valence-electron chi connectivity index (χ2n) is 8.44. The number of hydrogen-bond acceptors (Lipinski definition) is 2. The van der Waals surface area contributed by atoms with Crippen molar-refractivity contribution in [3.05, 3.63) is 144 Å². The van der Waals surface area contributed by atoms with Gasteiger partial charge in [-0.15, -0.1) is 0 Å². The maximum Gasteiger partial charge on any atom is 0.0620 e. The minimum absolute atomic E-state index is 0.599. The summed E-state index contributed by atoms with van der Waals surface area (Å²) >= 11 is 6.02. The van der Waals surface area contributed by atoms with Crippen LogP contribution in [0.3, 0.4) is 0 Å². The highest BCUT2D eigenvalue weighted by molar-refractivity contribution is 6.30. The van der Waals surface area contributed by atoms with Crippen LogP contribution >= 0.6 is 11.6 Å². The standard InChI is InChI=1S/C31H25ClN2/c1-21(33-28-16-14-27(32)15-17-28)19-34-20-30(23(3)29-10-6-7-11-31(29)34)22(2)25-13-12-24-8-4-5-9-26(24)18-25/h4-18,20,33H,1-3,19H2. The first-order chi connectivity index (χ1) is 16.5. The summed E-state index contributed by atoms with van der Waals surface area (Å²) in [5, 5.41) is 6.50. The van der Waals surface area contributed by atoms with Crippen LogP contribution in [0.25, 0.3) is 21.9 Å². The number of rotatable bonds is 6. The fourth-order valence-electron chi connectivity index (χ4n) is 4.33. The molecule has 166 valence electrons. The second-order valence-corrected chi connectivity index (χ2v) is 8.88. The highest BCUT2D eigenvalue weighted by Gasteiger charge is 2.23. The van der Waals surface area contributed by atoms with Crippen LogP contribution in [0.2, 0.25) is 5.02 Å². The molecule has 1 N–H and O–H groups in total. The number of nitrogens with zero attached hydrogens (tertiary/aromatic N) is 1. The molecule has 0 atom stereocenters. The zero-order chi connectivity index (χ0) is 23.7. The Morgan fingerprint density at radius 1 is 0.824 bits per heavy atom. The minimum atomic E-state index is 0.599. The van der Waals surface area contributed by atoms with Crippen LogP contribution in [-0.4, -0.2) is 6.54 Å². The topological polar surface area (TPSA) is 15.3 Å². The highest BCUT2D eigenvalue weighted by atomic mass is 35.5. The third-order valence-electron chi connectivity index (χ3n) is 6.10. The van der Waals surface area contributed by atoms with Crippen molar-refractivity contribution in [2.75, 3.05) is 16.8 Å². The van der Waals surface area contributed by atoms with E-state index >= 15 is 0 Å². The predicted molar refractivity (Wildman–Crippen MR) is 148 cm³/mol. The molecule has 0 saturated carbocycles. The average Bonchev–Trinajstić information content (AvgIpc) is 2.86. The molecule has 0 spiro atoms. The first-order valence-corrected chi connectivity index (χ1v) is 11.5. The van der Waals surface area contributed by atoms with E-state index in [1.165, 1.54) is 10.8 Å². The van der Waals surface area contributed by atoms with Crippen molar-refractivity contribution in [2.45, 2.75) is 0 Å². The quantitative estimate of drug-likeness (QED) is 0.310. The number of fused-ring (bicyclic) bond motifs is 2. The summed E-state index contributed by atoms with van der Waals surface area (Å²) in [6.45, 7) is 13.8. The summed E-state index contributed by atoms with van der Waals surface area (Å²) in [6, 6.07) is 30.8. The smallest absolute Gasteiger partial charge is 0.0620 e. The first kappa shape index (κ1) is 21.8. The lowest BCUT2D eigenvalue weighted by Crippen LogP contribution is -2.26. The van der Waals surface area contributed by atoms with Crippen LogP contribution < -0.4 is 10.2 Å². The molecule has 34 heavy (non-hydrogen) atoms. The Morgan fingerprint density at radius 2 is 1.53 bits per heavy atom. The Bertz CT molecular complexity index is 1460. The van der Waals surface area contributed by atoms with Gasteiger partial charge in [0.1, 0.15) is 0 Å². The zero-order valence-corrected chi connectivity index (χ0v) is 19.6. The van der Waals surface area contributed by atoms with Gasteiger partial charge in [0.05, 0.1) is 6.54 Å². The summed E-state index contributed by atoms with van der Waals surface area (Å²) in [7, 11) is 0. The Hall–Kier alpha value is -4.01. The van der Waals surface area contributed by atoms with Crippen LogP contribution in [0.1, 0.15) is 11.1 Å². The molecule has 1 aliphatic rings. The largest absolute Gasteiger partial charge is 0.358 e. The fourth-order valence-corrected chi connectivity index (χ4v) is 4.46. The minimum Gasteiger partial charge on any atom is -0.358 e. The Balaban J connectivity index is 1.46. The van der Waals surface area contributed by atoms with E-state index in [9.17, 15) is 0 Å². The van der Waals surface area contributed by atoms with Gasteiger partial charge in [0.15, 0.2) is 0 Å². The Kier molecular flexibility index (Phi) is 5.83. The second kappa shape index (κ2) is 9.09. The molecule has 0 unspecified atom stereocenters. The predicted octanol–water partition coefficient (Wildman–Crippen LogP) is 8.55. The van der Waals surface area contributed by atoms with Crippen molar-refractivity contribution >= 4 is 44.9 Å². The fraction of sp³-hybridized carbons (Fsp3) is 0.0323. The molecule has 0 aliphatic carbocycles. The van der Waals surface area contributed by atoms with Crippen molar-refractivity contribution < 1.29 is 0 Å². The SMILES string of the molecule is C=C(CN1C=C(C(=C)c2ccc3ccccc3c2)C(=C)c2ccccc21)Nc1ccc(Cl)cc1. The van der Waals surface area contributed by atoms with E-state index in [0.717, 1.165) is 44.9 Å².